The topological polar surface area (TPSA) is 72.9 Å². The van der Waals surface area contributed by atoms with Crippen LogP contribution < -0.4 is 0 Å². The van der Waals surface area contributed by atoms with E-state index in [4.69, 9.17) is 9.40 Å². The van der Waals surface area contributed by atoms with E-state index in [1.165, 1.54) is 11.1 Å². The van der Waals surface area contributed by atoms with E-state index in [1.807, 2.05) is 13.0 Å². The Morgan fingerprint density at radius 2 is 1.87 bits per heavy atom. The van der Waals surface area contributed by atoms with Gasteiger partial charge in [-0.25, -0.2) is 4.98 Å². The average molecular weight is 549 g/mol. The fourth-order valence-corrected chi connectivity index (χ4v) is 6.10. The van der Waals surface area contributed by atoms with Crippen LogP contribution >= 0.6 is 24.2 Å². The summed E-state index contributed by atoms with van der Waals surface area (Å²) in [4.78, 5) is 12.0. The van der Waals surface area contributed by atoms with Gasteiger partial charge >= 0.3 is 0 Å². The third kappa shape index (κ3) is 5.17. The van der Waals surface area contributed by atoms with Gasteiger partial charge in [0.2, 0.25) is 0 Å². The van der Waals surface area contributed by atoms with E-state index >= 15 is 0 Å². The fourth-order valence-electron chi connectivity index (χ4n) is 5.26. The molecule has 4 heterocycles. The van der Waals surface area contributed by atoms with Crippen molar-refractivity contribution in [3.05, 3.63) is 65.2 Å². The maximum absolute atomic E-state index is 5.89. The predicted molar refractivity (Wildman–Crippen MR) is 156 cm³/mol. The molecule has 38 heavy (non-hydrogen) atoms. The SMILES string of the molecule is CCc1nc2c3c(ccc2o1)CCN(CCCSc1nnc(-c2cccc4nc(C)ccc24)n1C)CC3.Cl. The number of oxazole rings is 1. The van der Waals surface area contributed by atoms with E-state index in [0.717, 1.165) is 101 Å². The van der Waals surface area contributed by atoms with Crippen LogP contribution in [-0.2, 0) is 26.3 Å². The van der Waals surface area contributed by atoms with E-state index in [2.05, 4.69) is 75.0 Å². The lowest BCUT2D eigenvalue weighted by Gasteiger charge is -2.19. The number of aromatic nitrogens is 5. The number of nitrogens with zero attached hydrogens (tertiary/aromatic N) is 6. The van der Waals surface area contributed by atoms with Gasteiger partial charge in [-0.2, -0.15) is 0 Å². The van der Waals surface area contributed by atoms with Crippen LogP contribution in [0.15, 0.2) is 52.0 Å². The maximum Gasteiger partial charge on any atom is 0.195 e. The van der Waals surface area contributed by atoms with Gasteiger partial charge in [0.25, 0.3) is 0 Å². The summed E-state index contributed by atoms with van der Waals surface area (Å²) in [6.07, 6.45) is 4.04. The molecular formula is C29H33ClN6OS. The Morgan fingerprint density at radius 1 is 1.00 bits per heavy atom. The molecule has 0 atom stereocenters. The molecule has 0 unspecified atom stereocenters. The first-order chi connectivity index (χ1) is 18.1. The second-order valence-corrected chi connectivity index (χ2v) is 10.8. The zero-order valence-corrected chi connectivity index (χ0v) is 23.7. The third-order valence-electron chi connectivity index (χ3n) is 7.28. The highest BCUT2D eigenvalue weighted by molar-refractivity contribution is 7.99. The van der Waals surface area contributed by atoms with Crippen molar-refractivity contribution < 1.29 is 4.42 Å². The largest absolute Gasteiger partial charge is 0.441 e. The van der Waals surface area contributed by atoms with Crippen molar-refractivity contribution >= 4 is 46.2 Å². The monoisotopic (exact) mass is 548 g/mol. The molecule has 0 bridgehead atoms. The lowest BCUT2D eigenvalue weighted by atomic mass is 10.0. The van der Waals surface area contributed by atoms with Crippen LogP contribution in [0.2, 0.25) is 0 Å². The Morgan fingerprint density at radius 3 is 2.74 bits per heavy atom. The summed E-state index contributed by atoms with van der Waals surface area (Å²) in [7, 11) is 2.05. The first kappa shape index (κ1) is 26.7. The molecule has 9 heteroatoms. The standard InChI is InChI=1S/C29H32N6OS.ClH/c1-4-26-31-27-21-14-17-35(16-13-20(21)10-12-25(27)36-26)15-6-18-37-29-33-32-28(34(29)3)23-7-5-8-24-22(23)11-9-19(2)30-24;/h5,7-12H,4,6,13-18H2,1-3H3;1H. The van der Waals surface area contributed by atoms with Gasteiger partial charge in [-0.15, -0.1) is 22.6 Å². The highest BCUT2D eigenvalue weighted by Gasteiger charge is 2.19. The van der Waals surface area contributed by atoms with Crippen LogP contribution in [0.4, 0.5) is 0 Å². The van der Waals surface area contributed by atoms with E-state index in [0.29, 0.717) is 0 Å². The quantitative estimate of drug-likeness (QED) is 0.181. The Labute approximate surface area is 233 Å². The number of hydrogen-bond donors (Lipinski definition) is 0. The zero-order chi connectivity index (χ0) is 25.4. The van der Waals surface area contributed by atoms with Gasteiger partial charge in [-0.3, -0.25) is 4.98 Å². The van der Waals surface area contributed by atoms with Crippen molar-refractivity contribution in [2.75, 3.05) is 25.4 Å². The van der Waals surface area contributed by atoms with Crippen LogP contribution in [-0.4, -0.2) is 55.0 Å². The van der Waals surface area contributed by atoms with Gasteiger partial charge in [0.05, 0.1) is 5.52 Å². The molecular weight excluding hydrogens is 516 g/mol. The van der Waals surface area contributed by atoms with Crippen LogP contribution in [0.25, 0.3) is 33.4 Å². The predicted octanol–water partition coefficient (Wildman–Crippen LogP) is 6.05. The maximum atomic E-state index is 5.89. The molecule has 6 rings (SSSR count). The molecule has 0 fully saturated rings. The Bertz CT molecular complexity index is 1580. The Balaban J connectivity index is 0.00000294. The molecule has 0 amide bonds. The number of rotatable bonds is 7. The second kappa shape index (κ2) is 11.4. The second-order valence-electron chi connectivity index (χ2n) is 9.74. The van der Waals surface area contributed by atoms with Crippen molar-refractivity contribution in [3.63, 3.8) is 0 Å². The lowest BCUT2D eigenvalue weighted by Crippen LogP contribution is -2.27. The summed E-state index contributed by atoms with van der Waals surface area (Å²) in [5, 5.41) is 11.1. The first-order valence-corrected chi connectivity index (χ1v) is 14.1. The Kier molecular flexibility index (Phi) is 8.02. The summed E-state index contributed by atoms with van der Waals surface area (Å²) in [6.45, 7) is 7.35. The van der Waals surface area contributed by atoms with Crippen molar-refractivity contribution in [2.45, 2.75) is 44.7 Å². The van der Waals surface area contributed by atoms with Gasteiger partial charge in [0, 0.05) is 49.0 Å². The molecule has 0 aliphatic carbocycles. The van der Waals surface area contributed by atoms with Gasteiger partial charge in [0.1, 0.15) is 5.52 Å². The molecule has 1 aliphatic heterocycles. The molecule has 0 spiro atoms. The molecule has 1 aliphatic rings. The third-order valence-corrected chi connectivity index (χ3v) is 8.39. The smallest absolute Gasteiger partial charge is 0.195 e. The molecule has 198 valence electrons. The molecule has 0 saturated carbocycles. The number of pyridine rings is 1. The molecule has 0 radical (unpaired) electrons. The molecule has 5 aromatic rings. The summed E-state index contributed by atoms with van der Waals surface area (Å²) in [5.74, 6) is 2.73. The van der Waals surface area contributed by atoms with E-state index in [9.17, 15) is 0 Å². The Hall–Kier alpha value is -2.94. The summed E-state index contributed by atoms with van der Waals surface area (Å²) >= 11 is 1.78. The number of hydrogen-bond acceptors (Lipinski definition) is 7. The lowest BCUT2D eigenvalue weighted by molar-refractivity contribution is 0.289. The summed E-state index contributed by atoms with van der Waals surface area (Å²) in [6, 6.07) is 14.7. The number of halogens is 1. The van der Waals surface area contributed by atoms with Crippen LogP contribution in [0.5, 0.6) is 0 Å². The number of thioether (sulfide) groups is 1. The van der Waals surface area contributed by atoms with Crippen LogP contribution in [0.1, 0.15) is 36.1 Å². The fraction of sp³-hybridized carbons (Fsp3) is 0.379. The van der Waals surface area contributed by atoms with Crippen molar-refractivity contribution in [3.8, 4) is 11.4 Å². The normalized spacial score (nSPS) is 14.0. The summed E-state index contributed by atoms with van der Waals surface area (Å²) in [5.41, 5.74) is 7.88. The minimum atomic E-state index is 0. The van der Waals surface area contributed by atoms with Crippen molar-refractivity contribution in [1.82, 2.24) is 29.6 Å². The molecule has 0 N–H and O–H groups in total. The number of aryl methyl sites for hydroxylation is 2. The zero-order valence-electron chi connectivity index (χ0n) is 22.1. The average Bonchev–Trinajstić information content (AvgIpc) is 3.43. The van der Waals surface area contributed by atoms with Crippen LogP contribution in [0, 0.1) is 6.92 Å². The highest BCUT2D eigenvalue weighted by atomic mass is 35.5. The van der Waals surface area contributed by atoms with Crippen molar-refractivity contribution in [2.24, 2.45) is 7.05 Å². The number of benzene rings is 2. The summed E-state index contributed by atoms with van der Waals surface area (Å²) < 4.78 is 8.00. The van der Waals surface area contributed by atoms with Gasteiger partial charge < -0.3 is 13.9 Å². The van der Waals surface area contributed by atoms with E-state index in [1.54, 1.807) is 11.8 Å². The molecule has 7 nitrogen and oxygen atoms in total. The number of fused-ring (bicyclic) bond motifs is 4. The van der Waals surface area contributed by atoms with Gasteiger partial charge in [-0.1, -0.05) is 43.0 Å². The molecule has 0 saturated heterocycles. The van der Waals surface area contributed by atoms with Crippen LogP contribution in [0.3, 0.4) is 0 Å². The van der Waals surface area contributed by atoms with E-state index < -0.39 is 0 Å². The van der Waals surface area contributed by atoms with Gasteiger partial charge in [0.15, 0.2) is 22.5 Å². The van der Waals surface area contributed by atoms with Gasteiger partial charge in [-0.05, 0) is 62.1 Å². The molecule has 3 aromatic heterocycles. The minimum absolute atomic E-state index is 0. The highest BCUT2D eigenvalue weighted by Crippen LogP contribution is 2.30. The van der Waals surface area contributed by atoms with E-state index in [-0.39, 0.29) is 12.4 Å². The molecule has 2 aromatic carbocycles. The van der Waals surface area contributed by atoms with Crippen molar-refractivity contribution in [1.29, 1.82) is 0 Å². The minimum Gasteiger partial charge on any atom is -0.441 e. The first-order valence-electron chi connectivity index (χ1n) is 13.1.